The molecule has 1 rings (SSSR count). The quantitative estimate of drug-likeness (QED) is 0.614. The van der Waals surface area contributed by atoms with Gasteiger partial charge in [0.05, 0.1) is 4.92 Å². The first-order valence-electron chi connectivity index (χ1n) is 6.96. The molecule has 20 heavy (non-hydrogen) atoms. The molecule has 1 atom stereocenters. The van der Waals surface area contributed by atoms with Crippen molar-refractivity contribution in [2.24, 2.45) is 5.92 Å². The van der Waals surface area contributed by atoms with Crippen LogP contribution in [-0.2, 0) is 0 Å². The molecule has 0 fully saturated rings. The molecule has 1 unspecified atom stereocenters. The maximum Gasteiger partial charge on any atom is 0.274 e. The molecule has 5 nitrogen and oxygen atoms in total. The minimum Gasteiger partial charge on any atom is -0.381 e. The predicted molar refractivity (Wildman–Crippen MR) is 83.3 cm³/mol. The lowest BCUT2D eigenvalue weighted by Crippen LogP contribution is -2.33. The van der Waals surface area contributed by atoms with Crippen LogP contribution >= 0.6 is 0 Å². The van der Waals surface area contributed by atoms with Crippen LogP contribution in [0.25, 0.3) is 0 Å². The van der Waals surface area contributed by atoms with Crippen molar-refractivity contribution in [1.82, 2.24) is 4.90 Å². The third kappa shape index (κ3) is 4.81. The van der Waals surface area contributed by atoms with Crippen molar-refractivity contribution in [3.8, 4) is 0 Å². The first kappa shape index (κ1) is 16.4. The van der Waals surface area contributed by atoms with E-state index in [-0.39, 0.29) is 16.7 Å². The minimum absolute atomic E-state index is 0.170. The van der Waals surface area contributed by atoms with Gasteiger partial charge in [-0.05, 0) is 39.4 Å². The van der Waals surface area contributed by atoms with Gasteiger partial charge in [-0.25, -0.2) is 0 Å². The Balaban J connectivity index is 2.92. The number of nitrogens with one attached hydrogen (secondary N) is 1. The highest BCUT2D eigenvalue weighted by atomic mass is 16.6. The Morgan fingerprint density at radius 3 is 2.50 bits per heavy atom. The Kier molecular flexibility index (Phi) is 5.95. The van der Waals surface area contributed by atoms with Gasteiger partial charge in [-0.1, -0.05) is 19.9 Å². The fourth-order valence-corrected chi connectivity index (χ4v) is 2.39. The van der Waals surface area contributed by atoms with Crippen molar-refractivity contribution in [2.45, 2.75) is 33.2 Å². The van der Waals surface area contributed by atoms with Gasteiger partial charge in [-0.2, -0.15) is 0 Å². The number of nitro groups is 1. The summed E-state index contributed by atoms with van der Waals surface area (Å²) in [5.74, 6) is 0.575. The number of likely N-dealkylation sites (N-methyl/N-ethyl adjacent to an activating group) is 1. The van der Waals surface area contributed by atoms with Gasteiger partial charge in [-0.3, -0.25) is 10.1 Å². The molecule has 5 heteroatoms. The highest BCUT2D eigenvalue weighted by Crippen LogP contribution is 2.26. The third-order valence-corrected chi connectivity index (χ3v) is 3.20. The molecule has 0 heterocycles. The Morgan fingerprint density at radius 1 is 1.35 bits per heavy atom. The first-order chi connectivity index (χ1) is 9.31. The summed E-state index contributed by atoms with van der Waals surface area (Å²) in [6.07, 6.45) is 1.03. The third-order valence-electron chi connectivity index (χ3n) is 3.20. The Hall–Kier alpha value is -1.62. The van der Waals surface area contributed by atoms with Crippen LogP contribution in [0, 0.1) is 23.0 Å². The molecular weight excluding hydrogens is 254 g/mol. The highest BCUT2D eigenvalue weighted by Gasteiger charge is 2.17. The molecule has 0 saturated heterocycles. The molecule has 0 aliphatic rings. The molecule has 1 aromatic carbocycles. The van der Waals surface area contributed by atoms with E-state index in [4.69, 9.17) is 0 Å². The summed E-state index contributed by atoms with van der Waals surface area (Å²) in [7, 11) is 4.07. The number of rotatable bonds is 7. The molecule has 0 aromatic heterocycles. The smallest absolute Gasteiger partial charge is 0.274 e. The fourth-order valence-electron chi connectivity index (χ4n) is 2.39. The Labute approximate surface area is 121 Å². The second kappa shape index (κ2) is 7.24. The number of benzene rings is 1. The fraction of sp³-hybridized carbons (Fsp3) is 0.600. The Bertz CT molecular complexity index is 448. The molecule has 1 N–H and O–H groups in total. The summed E-state index contributed by atoms with van der Waals surface area (Å²) in [5, 5.41) is 14.4. The van der Waals surface area contributed by atoms with Gasteiger partial charge in [0.2, 0.25) is 0 Å². The lowest BCUT2D eigenvalue weighted by atomic mass is 10.0. The summed E-state index contributed by atoms with van der Waals surface area (Å²) in [4.78, 5) is 12.8. The van der Waals surface area contributed by atoms with Crippen LogP contribution in [0.2, 0.25) is 0 Å². The number of nitro benzene ring substituents is 1. The molecule has 0 radical (unpaired) electrons. The number of nitrogens with zero attached hydrogens (tertiary/aromatic N) is 2. The topological polar surface area (TPSA) is 58.4 Å². The number of hydrogen-bond donors (Lipinski definition) is 1. The molecule has 0 saturated carbocycles. The van der Waals surface area contributed by atoms with Crippen LogP contribution in [0.4, 0.5) is 11.4 Å². The normalized spacial score (nSPS) is 12.8. The van der Waals surface area contributed by atoms with Crippen LogP contribution < -0.4 is 5.32 Å². The second-order valence-corrected chi connectivity index (χ2v) is 5.94. The monoisotopic (exact) mass is 279 g/mol. The predicted octanol–water partition coefficient (Wildman–Crippen LogP) is 3.29. The van der Waals surface area contributed by atoms with Crippen molar-refractivity contribution >= 4 is 11.4 Å². The zero-order chi connectivity index (χ0) is 15.3. The second-order valence-electron chi connectivity index (χ2n) is 5.94. The van der Waals surface area contributed by atoms with Gasteiger partial charge in [-0.15, -0.1) is 0 Å². The van der Waals surface area contributed by atoms with E-state index in [9.17, 15) is 10.1 Å². The number of anilines is 1. The molecule has 1 aromatic rings. The van der Waals surface area contributed by atoms with E-state index in [0.717, 1.165) is 18.7 Å². The lowest BCUT2D eigenvalue weighted by molar-refractivity contribution is -0.385. The van der Waals surface area contributed by atoms with Gasteiger partial charge in [0.15, 0.2) is 0 Å². The molecule has 0 aliphatic carbocycles. The van der Waals surface area contributed by atoms with Crippen molar-refractivity contribution in [3.63, 3.8) is 0 Å². The van der Waals surface area contributed by atoms with E-state index in [0.29, 0.717) is 11.5 Å². The average Bonchev–Trinajstić information content (AvgIpc) is 2.29. The maximum absolute atomic E-state index is 11.0. The summed E-state index contributed by atoms with van der Waals surface area (Å²) < 4.78 is 0. The van der Waals surface area contributed by atoms with Crippen LogP contribution in [-0.4, -0.2) is 36.5 Å². The highest BCUT2D eigenvalue weighted by molar-refractivity contribution is 5.60. The van der Waals surface area contributed by atoms with Gasteiger partial charge in [0.25, 0.3) is 5.69 Å². The maximum atomic E-state index is 11.0. The lowest BCUT2D eigenvalue weighted by Gasteiger charge is -2.25. The standard InChI is InChI=1S/C15H25N3O2/c1-11(2)9-13(10-17(4)5)16-14-7-6-8-15(12(14)3)18(19)20/h6-8,11,13,16H,9-10H2,1-5H3. The van der Waals surface area contributed by atoms with E-state index in [1.165, 1.54) is 0 Å². The van der Waals surface area contributed by atoms with Crippen molar-refractivity contribution in [3.05, 3.63) is 33.9 Å². The summed E-state index contributed by atoms with van der Waals surface area (Å²) in [6, 6.07) is 5.47. The van der Waals surface area contributed by atoms with Crippen LogP contribution in [0.3, 0.4) is 0 Å². The molecular formula is C15H25N3O2. The Morgan fingerprint density at radius 2 is 2.00 bits per heavy atom. The van der Waals surface area contributed by atoms with E-state index >= 15 is 0 Å². The van der Waals surface area contributed by atoms with Gasteiger partial charge < -0.3 is 10.2 Å². The van der Waals surface area contributed by atoms with Crippen LogP contribution in [0.15, 0.2) is 18.2 Å². The SMILES string of the molecule is Cc1c(NC(CC(C)C)CN(C)C)cccc1[N+](=O)[O-]. The molecule has 0 aliphatic heterocycles. The van der Waals surface area contributed by atoms with Gasteiger partial charge in [0.1, 0.15) is 0 Å². The summed E-state index contributed by atoms with van der Waals surface area (Å²) >= 11 is 0. The number of hydrogen-bond acceptors (Lipinski definition) is 4. The van der Waals surface area contributed by atoms with Gasteiger partial charge >= 0.3 is 0 Å². The first-order valence-corrected chi connectivity index (χ1v) is 6.96. The summed E-state index contributed by atoms with van der Waals surface area (Å²) in [6.45, 7) is 7.07. The molecule has 112 valence electrons. The molecule has 0 bridgehead atoms. The largest absolute Gasteiger partial charge is 0.381 e. The minimum atomic E-state index is -0.329. The average molecular weight is 279 g/mol. The van der Waals surface area contributed by atoms with E-state index in [1.54, 1.807) is 19.1 Å². The van der Waals surface area contributed by atoms with Gasteiger partial charge in [0, 0.05) is 29.9 Å². The van der Waals surface area contributed by atoms with Crippen molar-refractivity contribution < 1.29 is 4.92 Å². The summed E-state index contributed by atoms with van der Waals surface area (Å²) in [5.41, 5.74) is 1.72. The zero-order valence-corrected chi connectivity index (χ0v) is 13.0. The molecule has 0 amide bonds. The zero-order valence-electron chi connectivity index (χ0n) is 13.0. The van der Waals surface area contributed by atoms with E-state index in [1.807, 2.05) is 20.2 Å². The molecule has 0 spiro atoms. The van der Waals surface area contributed by atoms with Crippen LogP contribution in [0.5, 0.6) is 0 Å². The van der Waals surface area contributed by atoms with E-state index in [2.05, 4.69) is 24.1 Å². The van der Waals surface area contributed by atoms with Crippen LogP contribution in [0.1, 0.15) is 25.8 Å². The van der Waals surface area contributed by atoms with E-state index < -0.39 is 0 Å². The van der Waals surface area contributed by atoms with Crippen molar-refractivity contribution in [1.29, 1.82) is 0 Å². The van der Waals surface area contributed by atoms with Crippen molar-refractivity contribution in [2.75, 3.05) is 26.0 Å².